The van der Waals surface area contributed by atoms with Gasteiger partial charge >= 0.3 is 6.61 Å². The van der Waals surface area contributed by atoms with Crippen molar-refractivity contribution in [3.63, 3.8) is 0 Å². The topological polar surface area (TPSA) is 41.6 Å². The van der Waals surface area contributed by atoms with Crippen molar-refractivity contribution in [1.29, 1.82) is 0 Å². The van der Waals surface area contributed by atoms with Crippen LogP contribution in [-0.2, 0) is 11.3 Å². The number of carbonyl (C=O) groups excluding carboxylic acids is 1. The molecule has 0 heterocycles. The van der Waals surface area contributed by atoms with Crippen LogP contribution in [0.3, 0.4) is 0 Å². The Morgan fingerprint density at radius 3 is 2.36 bits per heavy atom. The summed E-state index contributed by atoms with van der Waals surface area (Å²) in [4.78, 5) is 14.4. The molecule has 0 radical (unpaired) electrons. The molecule has 2 aromatic carbocycles. The summed E-state index contributed by atoms with van der Waals surface area (Å²) in [6.45, 7) is 1.84. The number of hydrogen-bond acceptors (Lipinski definition) is 3. The molecule has 0 aliphatic rings. The quantitative estimate of drug-likeness (QED) is 0.780. The molecular formula is C19H22F2N2O2. The van der Waals surface area contributed by atoms with Gasteiger partial charge < -0.3 is 10.1 Å². The molecular weight excluding hydrogens is 326 g/mol. The number of para-hydroxylation sites is 2. The van der Waals surface area contributed by atoms with Crippen LogP contribution in [0.4, 0.5) is 14.5 Å². The number of nitrogens with zero attached hydrogens (tertiary/aromatic N) is 1. The lowest BCUT2D eigenvalue weighted by Crippen LogP contribution is -2.37. The van der Waals surface area contributed by atoms with E-state index in [9.17, 15) is 13.6 Å². The summed E-state index contributed by atoms with van der Waals surface area (Å²) in [5, 5.41) is 2.65. The molecule has 25 heavy (non-hydrogen) atoms. The lowest BCUT2D eigenvalue weighted by Gasteiger charge is -2.26. The number of hydrogen-bond donors (Lipinski definition) is 1. The first-order valence-electron chi connectivity index (χ1n) is 8.07. The summed E-state index contributed by atoms with van der Waals surface area (Å²) in [6.07, 6.45) is 0. The lowest BCUT2D eigenvalue weighted by molar-refractivity contribution is -0.118. The Morgan fingerprint density at radius 2 is 1.72 bits per heavy atom. The predicted octanol–water partition coefficient (Wildman–Crippen LogP) is 4.14. The van der Waals surface area contributed by atoms with E-state index >= 15 is 0 Å². The second-order valence-corrected chi connectivity index (χ2v) is 5.91. The molecule has 0 bridgehead atoms. The minimum absolute atomic E-state index is 0.0509. The number of benzene rings is 2. The number of nitrogens with one attached hydrogen (secondary N) is 1. The van der Waals surface area contributed by atoms with E-state index in [4.69, 9.17) is 0 Å². The Morgan fingerprint density at radius 1 is 1.08 bits per heavy atom. The number of amides is 1. The highest BCUT2D eigenvalue weighted by molar-refractivity contribution is 5.93. The highest BCUT2D eigenvalue weighted by atomic mass is 19.3. The van der Waals surface area contributed by atoms with Crippen LogP contribution in [-0.4, -0.2) is 30.0 Å². The highest BCUT2D eigenvalue weighted by Gasteiger charge is 2.16. The number of halogens is 2. The number of anilines is 1. The van der Waals surface area contributed by atoms with Crippen molar-refractivity contribution in [3.8, 4) is 5.75 Å². The standard InChI is InChI=1S/C19H22F2N2O2/c1-14(2)23(12-15-8-4-3-5-9-15)13-18(24)22-16-10-6-7-11-17(16)25-19(20)21/h3-11,14,19H,12-13H2,1-2H3,(H,22,24). The summed E-state index contributed by atoms with van der Waals surface area (Å²) in [5.74, 6) is -0.333. The van der Waals surface area contributed by atoms with Gasteiger partial charge in [-0.1, -0.05) is 42.5 Å². The fourth-order valence-electron chi connectivity index (χ4n) is 2.38. The first-order valence-corrected chi connectivity index (χ1v) is 8.07. The fourth-order valence-corrected chi connectivity index (χ4v) is 2.38. The second kappa shape index (κ2) is 9.13. The summed E-state index contributed by atoms with van der Waals surface area (Å²) in [5.41, 5.74) is 1.33. The van der Waals surface area contributed by atoms with Gasteiger partial charge in [-0.15, -0.1) is 0 Å². The lowest BCUT2D eigenvalue weighted by atomic mass is 10.2. The SMILES string of the molecule is CC(C)N(CC(=O)Nc1ccccc1OC(F)F)Cc1ccccc1. The van der Waals surface area contributed by atoms with E-state index < -0.39 is 6.61 Å². The van der Waals surface area contributed by atoms with Crippen LogP contribution < -0.4 is 10.1 Å². The molecule has 0 aromatic heterocycles. The van der Waals surface area contributed by atoms with Crippen LogP contribution in [0.2, 0.25) is 0 Å². The van der Waals surface area contributed by atoms with Crippen molar-refractivity contribution in [2.24, 2.45) is 0 Å². The van der Waals surface area contributed by atoms with Crippen molar-refractivity contribution in [3.05, 3.63) is 60.2 Å². The van der Waals surface area contributed by atoms with Gasteiger partial charge in [0, 0.05) is 12.6 Å². The first kappa shape index (κ1) is 18.9. The zero-order chi connectivity index (χ0) is 18.2. The molecule has 6 heteroatoms. The van der Waals surface area contributed by atoms with E-state index in [1.165, 1.54) is 12.1 Å². The van der Waals surface area contributed by atoms with Gasteiger partial charge in [-0.2, -0.15) is 8.78 Å². The number of rotatable bonds is 8. The Bertz CT molecular complexity index is 678. The molecule has 0 aliphatic heterocycles. The van der Waals surface area contributed by atoms with Crippen molar-refractivity contribution in [2.45, 2.75) is 33.0 Å². The van der Waals surface area contributed by atoms with Crippen LogP contribution >= 0.6 is 0 Å². The van der Waals surface area contributed by atoms with E-state index in [2.05, 4.69) is 10.1 Å². The highest BCUT2D eigenvalue weighted by Crippen LogP contribution is 2.25. The smallest absolute Gasteiger partial charge is 0.387 e. The van der Waals surface area contributed by atoms with Crippen LogP contribution in [0.25, 0.3) is 0 Å². The fraction of sp³-hybridized carbons (Fsp3) is 0.316. The summed E-state index contributed by atoms with van der Waals surface area (Å²) in [7, 11) is 0. The third-order valence-electron chi connectivity index (χ3n) is 3.68. The first-order chi connectivity index (χ1) is 12.0. The van der Waals surface area contributed by atoms with Crippen LogP contribution in [0.15, 0.2) is 54.6 Å². The van der Waals surface area contributed by atoms with E-state index in [1.54, 1.807) is 12.1 Å². The largest absolute Gasteiger partial charge is 0.433 e. The van der Waals surface area contributed by atoms with E-state index in [1.807, 2.05) is 49.1 Å². The molecule has 0 unspecified atom stereocenters. The van der Waals surface area contributed by atoms with Gasteiger partial charge in [0.05, 0.1) is 12.2 Å². The van der Waals surface area contributed by atoms with Gasteiger partial charge in [0.15, 0.2) is 0 Å². The van der Waals surface area contributed by atoms with E-state index in [0.29, 0.717) is 6.54 Å². The van der Waals surface area contributed by atoms with Gasteiger partial charge in [-0.05, 0) is 31.5 Å². The molecule has 0 saturated carbocycles. The maximum absolute atomic E-state index is 12.5. The Balaban J connectivity index is 2.02. The third kappa shape index (κ3) is 6.15. The van der Waals surface area contributed by atoms with Crippen LogP contribution in [0, 0.1) is 0 Å². The Kier molecular flexibility index (Phi) is 6.89. The molecule has 1 amide bonds. The molecule has 134 valence electrons. The normalized spacial score (nSPS) is 11.2. The molecule has 0 aliphatic carbocycles. The zero-order valence-corrected chi connectivity index (χ0v) is 14.3. The summed E-state index contributed by atoms with van der Waals surface area (Å²) in [6, 6.07) is 16.1. The molecule has 0 fully saturated rings. The number of carbonyl (C=O) groups is 1. The predicted molar refractivity (Wildman–Crippen MR) is 93.7 cm³/mol. The minimum atomic E-state index is -2.94. The molecule has 0 atom stereocenters. The molecule has 2 rings (SSSR count). The molecule has 4 nitrogen and oxygen atoms in total. The van der Waals surface area contributed by atoms with E-state index in [0.717, 1.165) is 5.56 Å². The minimum Gasteiger partial charge on any atom is -0.433 e. The Labute approximate surface area is 146 Å². The molecule has 0 saturated heterocycles. The molecule has 2 aromatic rings. The average molecular weight is 348 g/mol. The van der Waals surface area contributed by atoms with Crippen molar-refractivity contribution >= 4 is 11.6 Å². The van der Waals surface area contributed by atoms with Gasteiger partial charge in [0.25, 0.3) is 0 Å². The molecule has 0 spiro atoms. The van der Waals surface area contributed by atoms with E-state index in [-0.39, 0.29) is 29.9 Å². The van der Waals surface area contributed by atoms with Gasteiger partial charge in [-0.3, -0.25) is 9.69 Å². The maximum atomic E-state index is 12.5. The number of ether oxygens (including phenoxy) is 1. The third-order valence-corrected chi connectivity index (χ3v) is 3.68. The van der Waals surface area contributed by atoms with Crippen molar-refractivity contribution in [1.82, 2.24) is 4.90 Å². The van der Waals surface area contributed by atoms with Crippen molar-refractivity contribution < 1.29 is 18.3 Å². The maximum Gasteiger partial charge on any atom is 0.387 e. The monoisotopic (exact) mass is 348 g/mol. The van der Waals surface area contributed by atoms with Gasteiger partial charge in [0.1, 0.15) is 5.75 Å². The average Bonchev–Trinajstić information content (AvgIpc) is 2.56. The van der Waals surface area contributed by atoms with Gasteiger partial charge in [0.2, 0.25) is 5.91 Å². The summed E-state index contributed by atoms with van der Waals surface area (Å²) < 4.78 is 29.3. The van der Waals surface area contributed by atoms with Crippen LogP contribution in [0.5, 0.6) is 5.75 Å². The van der Waals surface area contributed by atoms with Crippen molar-refractivity contribution in [2.75, 3.05) is 11.9 Å². The van der Waals surface area contributed by atoms with Gasteiger partial charge in [-0.25, -0.2) is 0 Å². The Hall–Kier alpha value is -2.47. The second-order valence-electron chi connectivity index (χ2n) is 5.91. The zero-order valence-electron chi connectivity index (χ0n) is 14.3. The summed E-state index contributed by atoms with van der Waals surface area (Å²) >= 11 is 0. The number of alkyl halides is 2. The van der Waals surface area contributed by atoms with Crippen LogP contribution in [0.1, 0.15) is 19.4 Å². The molecule has 1 N–H and O–H groups in total.